The summed E-state index contributed by atoms with van der Waals surface area (Å²) >= 11 is 1.24. The van der Waals surface area contributed by atoms with Gasteiger partial charge >= 0.3 is 5.97 Å². The number of aryl methyl sites for hydroxylation is 1. The number of hydrogen-bond acceptors (Lipinski definition) is 5. The summed E-state index contributed by atoms with van der Waals surface area (Å²) in [6.07, 6.45) is 4.29. The van der Waals surface area contributed by atoms with Crippen LogP contribution in [0.1, 0.15) is 10.4 Å². The molecule has 2 rings (SSSR count). The zero-order valence-corrected chi connectivity index (χ0v) is 9.18. The van der Waals surface area contributed by atoms with Gasteiger partial charge < -0.3 is 5.11 Å². The van der Waals surface area contributed by atoms with E-state index in [0.717, 1.165) is 0 Å². The van der Waals surface area contributed by atoms with E-state index >= 15 is 0 Å². The summed E-state index contributed by atoms with van der Waals surface area (Å²) in [5.74, 6) is -1.00. The number of carboxylic acids is 1. The van der Waals surface area contributed by atoms with Crippen molar-refractivity contribution in [2.24, 2.45) is 7.05 Å². The minimum atomic E-state index is -1.00. The Morgan fingerprint density at radius 2 is 2.38 bits per heavy atom. The van der Waals surface area contributed by atoms with E-state index in [1.165, 1.54) is 24.3 Å². The van der Waals surface area contributed by atoms with E-state index < -0.39 is 5.97 Å². The standard InChI is InChI=1S/C9H8N4O2S/c1-13-9(11-5-12-13)16-7-2-3-10-4-6(7)8(14)15/h2-5H,1H3,(H,14,15). The molecule has 0 fully saturated rings. The van der Waals surface area contributed by atoms with Gasteiger partial charge in [-0.15, -0.1) is 0 Å². The topological polar surface area (TPSA) is 80.9 Å². The monoisotopic (exact) mass is 236 g/mol. The number of aromatic nitrogens is 4. The minimum Gasteiger partial charge on any atom is -0.478 e. The summed E-state index contributed by atoms with van der Waals surface area (Å²) in [5.41, 5.74) is 0.163. The maximum absolute atomic E-state index is 10.9. The Balaban J connectivity index is 2.35. The van der Waals surface area contributed by atoms with Crippen molar-refractivity contribution < 1.29 is 9.90 Å². The maximum Gasteiger partial charge on any atom is 0.338 e. The molecule has 2 heterocycles. The minimum absolute atomic E-state index is 0.163. The molecule has 0 aromatic carbocycles. The van der Waals surface area contributed by atoms with Gasteiger partial charge in [0.1, 0.15) is 6.33 Å². The molecule has 0 unspecified atom stereocenters. The van der Waals surface area contributed by atoms with Gasteiger partial charge in [-0.05, 0) is 17.8 Å². The Labute approximate surface area is 95.3 Å². The van der Waals surface area contributed by atoms with E-state index in [2.05, 4.69) is 15.1 Å². The molecule has 0 amide bonds. The third-order valence-corrected chi connectivity index (χ3v) is 3.01. The number of aromatic carboxylic acids is 1. The highest BCUT2D eigenvalue weighted by Gasteiger charge is 2.12. The lowest BCUT2D eigenvalue weighted by Crippen LogP contribution is -2.00. The van der Waals surface area contributed by atoms with Gasteiger partial charge in [-0.25, -0.2) is 14.5 Å². The highest BCUT2D eigenvalue weighted by molar-refractivity contribution is 7.99. The molecule has 0 aliphatic rings. The molecular formula is C9H8N4O2S. The van der Waals surface area contributed by atoms with Crippen LogP contribution in [0.4, 0.5) is 0 Å². The fourth-order valence-corrected chi connectivity index (χ4v) is 1.96. The lowest BCUT2D eigenvalue weighted by molar-refractivity contribution is 0.0692. The summed E-state index contributed by atoms with van der Waals surface area (Å²) in [6, 6.07) is 1.64. The number of rotatable bonds is 3. The predicted molar refractivity (Wildman–Crippen MR) is 56.3 cm³/mol. The van der Waals surface area contributed by atoms with Gasteiger partial charge in [0.2, 0.25) is 0 Å². The highest BCUT2D eigenvalue weighted by atomic mass is 32.2. The largest absolute Gasteiger partial charge is 0.478 e. The van der Waals surface area contributed by atoms with E-state index in [0.29, 0.717) is 10.1 Å². The second-order valence-electron chi connectivity index (χ2n) is 2.95. The highest BCUT2D eigenvalue weighted by Crippen LogP contribution is 2.27. The van der Waals surface area contributed by atoms with Crippen LogP contribution < -0.4 is 0 Å². The molecule has 2 aromatic heterocycles. The summed E-state index contributed by atoms with van der Waals surface area (Å²) in [6.45, 7) is 0. The molecule has 0 bridgehead atoms. The summed E-state index contributed by atoms with van der Waals surface area (Å²) < 4.78 is 1.58. The van der Waals surface area contributed by atoms with Gasteiger partial charge in [0, 0.05) is 24.3 Å². The van der Waals surface area contributed by atoms with E-state index in [9.17, 15) is 4.79 Å². The van der Waals surface area contributed by atoms with Gasteiger partial charge in [-0.1, -0.05) is 0 Å². The van der Waals surface area contributed by atoms with Crippen LogP contribution in [0.25, 0.3) is 0 Å². The van der Waals surface area contributed by atoms with Crippen molar-refractivity contribution in [2.45, 2.75) is 10.1 Å². The predicted octanol–water partition coefficient (Wildman–Crippen LogP) is 1.06. The van der Waals surface area contributed by atoms with Gasteiger partial charge in [0.15, 0.2) is 5.16 Å². The number of pyridine rings is 1. The second-order valence-corrected chi connectivity index (χ2v) is 3.95. The van der Waals surface area contributed by atoms with E-state index in [-0.39, 0.29) is 5.56 Å². The third-order valence-electron chi connectivity index (χ3n) is 1.88. The van der Waals surface area contributed by atoms with Crippen molar-refractivity contribution in [3.63, 3.8) is 0 Å². The first-order valence-electron chi connectivity index (χ1n) is 4.37. The van der Waals surface area contributed by atoms with Crippen LogP contribution in [0.3, 0.4) is 0 Å². The Hall–Kier alpha value is -1.89. The number of nitrogens with zero attached hydrogens (tertiary/aromatic N) is 4. The molecule has 0 saturated carbocycles. The van der Waals surface area contributed by atoms with Crippen molar-refractivity contribution in [3.8, 4) is 0 Å². The number of carboxylic acid groups (broad SMARTS) is 1. The third kappa shape index (κ3) is 2.03. The average Bonchev–Trinajstić information content (AvgIpc) is 2.65. The van der Waals surface area contributed by atoms with Gasteiger partial charge in [-0.3, -0.25) is 4.98 Å². The Kier molecular flexibility index (Phi) is 2.86. The molecule has 7 heteroatoms. The van der Waals surface area contributed by atoms with Crippen LogP contribution in [-0.2, 0) is 7.05 Å². The Bertz CT molecular complexity index is 526. The SMILES string of the molecule is Cn1ncnc1Sc1ccncc1C(=O)O. The molecule has 0 saturated heterocycles. The van der Waals surface area contributed by atoms with Crippen molar-refractivity contribution in [2.75, 3.05) is 0 Å². The molecular weight excluding hydrogens is 228 g/mol. The van der Waals surface area contributed by atoms with E-state index in [1.54, 1.807) is 24.0 Å². The first kappa shape index (κ1) is 10.6. The molecule has 0 aliphatic heterocycles. The second kappa shape index (κ2) is 4.31. The van der Waals surface area contributed by atoms with Crippen LogP contribution in [0, 0.1) is 0 Å². The molecule has 0 atom stereocenters. The smallest absolute Gasteiger partial charge is 0.338 e. The summed E-state index contributed by atoms with van der Waals surface area (Å²) in [5, 5.41) is 13.5. The van der Waals surface area contributed by atoms with Crippen molar-refractivity contribution >= 4 is 17.7 Å². The summed E-state index contributed by atoms with van der Waals surface area (Å²) in [4.78, 5) is 19.3. The number of hydrogen-bond donors (Lipinski definition) is 1. The molecule has 0 radical (unpaired) electrons. The van der Waals surface area contributed by atoms with Gasteiger partial charge in [0.05, 0.1) is 5.56 Å². The quantitative estimate of drug-likeness (QED) is 0.858. The first-order valence-corrected chi connectivity index (χ1v) is 5.19. The Morgan fingerprint density at radius 3 is 3.00 bits per heavy atom. The molecule has 82 valence electrons. The lowest BCUT2D eigenvalue weighted by Gasteiger charge is -2.03. The van der Waals surface area contributed by atoms with Crippen LogP contribution >= 0.6 is 11.8 Å². The zero-order chi connectivity index (χ0) is 11.5. The van der Waals surface area contributed by atoms with Crippen molar-refractivity contribution in [1.29, 1.82) is 0 Å². The van der Waals surface area contributed by atoms with Crippen LogP contribution in [0.2, 0.25) is 0 Å². The molecule has 2 aromatic rings. The van der Waals surface area contributed by atoms with Gasteiger partial charge in [0.25, 0.3) is 0 Å². The molecule has 16 heavy (non-hydrogen) atoms. The van der Waals surface area contributed by atoms with Crippen LogP contribution in [0.5, 0.6) is 0 Å². The van der Waals surface area contributed by atoms with Gasteiger partial charge in [-0.2, -0.15) is 5.10 Å². The fraction of sp³-hybridized carbons (Fsp3) is 0.111. The fourth-order valence-electron chi connectivity index (χ4n) is 1.11. The van der Waals surface area contributed by atoms with Crippen LogP contribution in [0.15, 0.2) is 34.8 Å². The lowest BCUT2D eigenvalue weighted by atomic mass is 10.3. The maximum atomic E-state index is 10.9. The number of carbonyl (C=O) groups is 1. The first-order chi connectivity index (χ1) is 7.68. The van der Waals surface area contributed by atoms with Crippen molar-refractivity contribution in [1.82, 2.24) is 19.7 Å². The Morgan fingerprint density at radius 1 is 1.56 bits per heavy atom. The normalized spacial score (nSPS) is 10.3. The molecule has 0 aliphatic carbocycles. The molecule has 0 spiro atoms. The van der Waals surface area contributed by atoms with E-state index in [1.807, 2.05) is 0 Å². The molecule has 6 nitrogen and oxygen atoms in total. The average molecular weight is 236 g/mol. The molecule has 1 N–H and O–H groups in total. The van der Waals surface area contributed by atoms with Crippen LogP contribution in [-0.4, -0.2) is 30.8 Å². The zero-order valence-electron chi connectivity index (χ0n) is 8.36. The summed E-state index contributed by atoms with van der Waals surface area (Å²) in [7, 11) is 1.75. The van der Waals surface area contributed by atoms with Crippen molar-refractivity contribution in [3.05, 3.63) is 30.4 Å². The van der Waals surface area contributed by atoms with E-state index in [4.69, 9.17) is 5.11 Å².